The fourth-order valence-electron chi connectivity index (χ4n) is 6.75. The van der Waals surface area contributed by atoms with E-state index in [1.807, 2.05) is 0 Å². The molecule has 2 aliphatic rings. The van der Waals surface area contributed by atoms with E-state index in [1.165, 1.54) is 64.8 Å². The highest BCUT2D eigenvalue weighted by atomic mass is 32.2. The maximum atomic E-state index is 2.54. The Balaban J connectivity index is 0.000000430. The average Bonchev–Trinajstić information content (AvgIpc) is 2.91. The minimum atomic E-state index is 0. The predicted molar refractivity (Wildman–Crippen MR) is 183 cm³/mol. The summed E-state index contributed by atoms with van der Waals surface area (Å²) in [5.74, 6) is 3.82. The van der Waals surface area contributed by atoms with Crippen LogP contribution in [-0.2, 0) is 0 Å². The molecule has 0 heterocycles. The molecule has 0 spiro atoms. The highest BCUT2D eigenvalue weighted by Crippen LogP contribution is 2.57. The molecular weight excluding hydrogens is 509 g/mol. The van der Waals surface area contributed by atoms with Crippen molar-refractivity contribution in [2.75, 3.05) is 0 Å². The number of hydrogen-bond acceptors (Lipinski definition) is 2. The van der Waals surface area contributed by atoms with Gasteiger partial charge in [0.2, 0.25) is 0 Å². The van der Waals surface area contributed by atoms with Gasteiger partial charge in [-0.25, -0.2) is 0 Å². The van der Waals surface area contributed by atoms with E-state index in [9.17, 15) is 0 Å². The molecule has 2 saturated carbocycles. The van der Waals surface area contributed by atoms with Gasteiger partial charge in [0.25, 0.3) is 0 Å². The van der Waals surface area contributed by atoms with E-state index in [1.54, 1.807) is 4.90 Å². The fraction of sp³-hybridized carbons (Fsp3) is 0.676. The van der Waals surface area contributed by atoms with E-state index in [0.29, 0.717) is 4.75 Å². The molecule has 2 aromatic carbocycles. The molecule has 39 heavy (non-hydrogen) atoms. The van der Waals surface area contributed by atoms with E-state index in [4.69, 9.17) is 0 Å². The average molecular weight is 571 g/mol. The Morgan fingerprint density at radius 2 is 1.05 bits per heavy atom. The van der Waals surface area contributed by atoms with E-state index >= 15 is 0 Å². The summed E-state index contributed by atoms with van der Waals surface area (Å²) >= 11 is 4.25. The molecule has 0 bridgehead atoms. The number of benzene rings is 2. The number of rotatable bonds is 4. The summed E-state index contributed by atoms with van der Waals surface area (Å²) in [5, 5.41) is 0.885. The molecule has 0 radical (unpaired) electrons. The summed E-state index contributed by atoms with van der Waals surface area (Å²) in [7, 11) is 0. The van der Waals surface area contributed by atoms with E-state index in [0.717, 1.165) is 34.8 Å². The SMILES string of the molecule is C.C.Cc1c(C)c(C)c(SC2(C)C(C)C(C)C(C)C(C)C2C)c(C)c1C.c1ccc(SC2CCCCC2)cc1. The maximum absolute atomic E-state index is 2.54. The molecule has 2 heteroatoms. The van der Waals surface area contributed by atoms with Gasteiger partial charge in [-0.2, -0.15) is 0 Å². The van der Waals surface area contributed by atoms with Gasteiger partial charge in [0, 0.05) is 19.8 Å². The highest BCUT2D eigenvalue weighted by Gasteiger charge is 2.49. The van der Waals surface area contributed by atoms with Crippen molar-refractivity contribution >= 4 is 23.5 Å². The van der Waals surface area contributed by atoms with Crippen molar-refractivity contribution in [1.29, 1.82) is 0 Å². The van der Waals surface area contributed by atoms with Gasteiger partial charge in [-0.1, -0.05) is 86.9 Å². The summed E-state index contributed by atoms with van der Waals surface area (Å²) in [6.45, 7) is 26.5. The molecule has 2 aliphatic carbocycles. The van der Waals surface area contributed by atoms with Gasteiger partial charge in [0.15, 0.2) is 0 Å². The summed E-state index contributed by atoms with van der Waals surface area (Å²) in [4.78, 5) is 2.99. The second-order valence-electron chi connectivity index (χ2n) is 12.6. The lowest BCUT2D eigenvalue weighted by Crippen LogP contribution is -2.51. The second kappa shape index (κ2) is 15.4. The van der Waals surface area contributed by atoms with Crippen molar-refractivity contribution in [3.8, 4) is 0 Å². The zero-order valence-electron chi connectivity index (χ0n) is 25.7. The zero-order valence-corrected chi connectivity index (χ0v) is 27.3. The molecule has 0 nitrogen and oxygen atoms in total. The van der Waals surface area contributed by atoms with Crippen molar-refractivity contribution in [3.63, 3.8) is 0 Å². The first-order valence-electron chi connectivity index (χ1n) is 14.9. The third-order valence-electron chi connectivity index (χ3n) is 10.9. The van der Waals surface area contributed by atoms with E-state index in [2.05, 4.69) is 130 Å². The Morgan fingerprint density at radius 3 is 1.51 bits per heavy atom. The molecule has 2 aromatic rings. The Kier molecular flexibility index (Phi) is 14.3. The molecule has 222 valence electrons. The lowest BCUT2D eigenvalue weighted by atomic mass is 9.59. The number of hydrogen-bond donors (Lipinski definition) is 0. The molecule has 0 aliphatic heterocycles. The van der Waals surface area contributed by atoms with Crippen LogP contribution in [0.3, 0.4) is 0 Å². The van der Waals surface area contributed by atoms with Gasteiger partial charge in [0.05, 0.1) is 0 Å². The molecule has 0 amide bonds. The van der Waals surface area contributed by atoms with Crippen LogP contribution in [0, 0.1) is 64.2 Å². The van der Waals surface area contributed by atoms with E-state index < -0.39 is 0 Å². The largest absolute Gasteiger partial charge is 0.123 e. The molecule has 0 aromatic heterocycles. The Labute approximate surface area is 253 Å². The monoisotopic (exact) mass is 570 g/mol. The van der Waals surface area contributed by atoms with Gasteiger partial charge in [-0.15, -0.1) is 23.5 Å². The van der Waals surface area contributed by atoms with Gasteiger partial charge >= 0.3 is 0 Å². The van der Waals surface area contributed by atoms with Gasteiger partial charge in [-0.3, -0.25) is 0 Å². The van der Waals surface area contributed by atoms with Crippen molar-refractivity contribution in [3.05, 3.63) is 58.1 Å². The topological polar surface area (TPSA) is 0 Å². The van der Waals surface area contributed by atoms with Crippen LogP contribution in [0.15, 0.2) is 40.1 Å². The maximum Gasteiger partial charge on any atom is 0.0235 e. The van der Waals surface area contributed by atoms with Gasteiger partial charge in [0.1, 0.15) is 0 Å². The van der Waals surface area contributed by atoms with Crippen LogP contribution in [0.5, 0.6) is 0 Å². The second-order valence-corrected chi connectivity index (χ2v) is 15.5. The zero-order chi connectivity index (χ0) is 27.5. The van der Waals surface area contributed by atoms with Crippen molar-refractivity contribution in [1.82, 2.24) is 0 Å². The van der Waals surface area contributed by atoms with Crippen LogP contribution >= 0.6 is 23.5 Å². The minimum absolute atomic E-state index is 0. The summed E-state index contributed by atoms with van der Waals surface area (Å²) in [5.41, 5.74) is 7.43. The molecule has 4 unspecified atom stereocenters. The van der Waals surface area contributed by atoms with Crippen LogP contribution in [-0.4, -0.2) is 10.00 Å². The fourth-order valence-corrected chi connectivity index (χ4v) is 9.87. The van der Waals surface area contributed by atoms with Crippen LogP contribution < -0.4 is 0 Å². The lowest BCUT2D eigenvalue weighted by Gasteiger charge is -2.54. The van der Waals surface area contributed by atoms with Crippen molar-refractivity contribution in [2.24, 2.45) is 29.6 Å². The van der Waals surface area contributed by atoms with E-state index in [-0.39, 0.29) is 14.9 Å². The Bertz CT molecular complexity index is 972. The van der Waals surface area contributed by atoms with Crippen molar-refractivity contribution < 1.29 is 0 Å². The van der Waals surface area contributed by atoms with Crippen LogP contribution in [0.4, 0.5) is 0 Å². The van der Waals surface area contributed by atoms with Gasteiger partial charge in [-0.05, 0) is 124 Å². The Morgan fingerprint density at radius 1 is 0.615 bits per heavy atom. The molecular formula is C37H62S2. The lowest BCUT2D eigenvalue weighted by molar-refractivity contribution is 0.0511. The smallest absolute Gasteiger partial charge is 0.0235 e. The van der Waals surface area contributed by atoms with Crippen LogP contribution in [0.25, 0.3) is 0 Å². The van der Waals surface area contributed by atoms with Crippen molar-refractivity contribution in [2.45, 2.75) is 143 Å². The first-order chi connectivity index (χ1) is 17.4. The molecule has 0 saturated heterocycles. The molecule has 4 rings (SSSR count). The first-order valence-corrected chi connectivity index (χ1v) is 16.6. The normalized spacial score (nSPS) is 28.9. The van der Waals surface area contributed by atoms with Crippen LogP contribution in [0.2, 0.25) is 0 Å². The minimum Gasteiger partial charge on any atom is -0.123 e. The molecule has 2 fully saturated rings. The first kappa shape index (κ1) is 36.2. The standard InChI is InChI=1S/C23H38S.C12H16S.2CH4/c1-12-13(2)18(7)22(19(8)14(12)3)24-23(11)20(9)16(5)15(4)17(6)21(23)10;1-3-7-11(8-4-1)13-12-9-5-2-6-10-12;;/h15-17,20-21H,1-11H3;1,3-4,7-8,12H,2,5-6,9-10H2;2*1H4. The third kappa shape index (κ3) is 7.91. The summed E-state index contributed by atoms with van der Waals surface area (Å²) in [6, 6.07) is 10.8. The Hall–Kier alpha value is -0.860. The highest BCUT2D eigenvalue weighted by molar-refractivity contribution is 8.00. The van der Waals surface area contributed by atoms with Crippen LogP contribution in [0.1, 0.15) is 116 Å². The quantitative estimate of drug-likeness (QED) is 0.358. The molecule has 0 N–H and O–H groups in total. The summed E-state index contributed by atoms with van der Waals surface area (Å²) in [6.07, 6.45) is 7.15. The van der Waals surface area contributed by atoms with Gasteiger partial charge < -0.3 is 0 Å². The molecule has 4 atom stereocenters. The summed E-state index contributed by atoms with van der Waals surface area (Å²) < 4.78 is 0.301. The third-order valence-corrected chi connectivity index (χ3v) is 14.2. The number of thioether (sulfide) groups is 2. The predicted octanol–water partition coefficient (Wildman–Crippen LogP) is 12.7.